The molecule has 0 aliphatic heterocycles. The van der Waals surface area contributed by atoms with E-state index in [1.54, 1.807) is 0 Å². The average molecular weight is 496 g/mol. The molecule has 0 fully saturated rings. The van der Waals surface area contributed by atoms with Crippen molar-refractivity contribution in [3.63, 3.8) is 0 Å². The van der Waals surface area contributed by atoms with Gasteiger partial charge >= 0.3 is 0 Å². The van der Waals surface area contributed by atoms with Crippen LogP contribution in [-0.2, 0) is 14.2 Å². The number of ether oxygens (including phenoxy) is 3. The third-order valence-electron chi connectivity index (χ3n) is 7.44. The summed E-state index contributed by atoms with van der Waals surface area (Å²) in [6, 6.07) is 0.144. The first-order valence-electron chi connectivity index (χ1n) is 15.3. The summed E-state index contributed by atoms with van der Waals surface area (Å²) in [5.41, 5.74) is -0.176. The van der Waals surface area contributed by atoms with Crippen LogP contribution < -0.4 is 0 Å². The molecule has 0 saturated heterocycles. The number of unbranched alkanes of at least 4 members (excludes halogenated alkanes) is 9. The third-order valence-corrected chi connectivity index (χ3v) is 7.44. The van der Waals surface area contributed by atoms with E-state index in [0.29, 0.717) is 19.8 Å². The Morgan fingerprint density at radius 3 is 1.49 bits per heavy atom. The van der Waals surface area contributed by atoms with E-state index in [-0.39, 0.29) is 11.5 Å². The zero-order valence-electron chi connectivity index (χ0n) is 24.6. The van der Waals surface area contributed by atoms with Crippen molar-refractivity contribution in [3.05, 3.63) is 11.4 Å². The highest BCUT2D eigenvalue weighted by Gasteiger charge is 2.53. The van der Waals surface area contributed by atoms with Crippen molar-refractivity contribution >= 4 is 0 Å². The lowest BCUT2D eigenvalue weighted by atomic mass is 9.71. The Labute approximate surface area is 220 Å². The lowest BCUT2D eigenvalue weighted by molar-refractivity contribution is -0.432. The molecule has 2 unspecified atom stereocenters. The van der Waals surface area contributed by atoms with Crippen molar-refractivity contribution in [2.45, 2.75) is 169 Å². The summed E-state index contributed by atoms with van der Waals surface area (Å²) in [6.07, 6.45) is 21.1. The second kappa shape index (κ2) is 22.6. The predicted octanol–water partition coefficient (Wildman–Crippen LogP) is 10.1. The summed E-state index contributed by atoms with van der Waals surface area (Å²) < 4.78 is 19.3. The van der Waals surface area contributed by atoms with Crippen LogP contribution in [0.25, 0.3) is 4.85 Å². The second-order valence-corrected chi connectivity index (χ2v) is 10.3. The molecule has 0 aliphatic rings. The molecule has 0 aromatic rings. The molecule has 0 amide bonds. The number of rotatable bonds is 26. The largest absolute Gasteiger partial charge is 0.327 e. The first kappa shape index (κ1) is 34.4. The topological polar surface area (TPSA) is 32.0 Å². The zero-order valence-corrected chi connectivity index (χ0v) is 24.6. The van der Waals surface area contributed by atoms with E-state index >= 15 is 0 Å². The molecule has 0 aromatic carbocycles. The maximum Gasteiger partial charge on any atom is 0.288 e. The fraction of sp³-hybridized carbons (Fsp3) is 0.968. The highest BCUT2D eigenvalue weighted by molar-refractivity contribution is 4.91. The molecule has 0 bridgehead atoms. The van der Waals surface area contributed by atoms with E-state index in [0.717, 1.165) is 51.4 Å². The van der Waals surface area contributed by atoms with Crippen LogP contribution in [0.15, 0.2) is 0 Å². The smallest absolute Gasteiger partial charge is 0.288 e. The SMILES string of the molecule is [C-]#[N+]C(CCCCCC)CCCC(CCCC)(CCCCCCCC)C(OCC)(OCC)OCC. The molecule has 0 heterocycles. The van der Waals surface area contributed by atoms with E-state index < -0.39 is 5.97 Å². The molecule has 0 aromatic heterocycles. The first-order chi connectivity index (χ1) is 17.0. The number of hydrogen-bond donors (Lipinski definition) is 0. The minimum atomic E-state index is -0.988. The molecule has 4 nitrogen and oxygen atoms in total. The fourth-order valence-corrected chi connectivity index (χ4v) is 5.50. The summed E-state index contributed by atoms with van der Waals surface area (Å²) >= 11 is 0. The summed E-state index contributed by atoms with van der Waals surface area (Å²) in [7, 11) is 0. The summed E-state index contributed by atoms with van der Waals surface area (Å²) in [4.78, 5) is 4.00. The van der Waals surface area contributed by atoms with Gasteiger partial charge in [0, 0.05) is 32.7 Å². The third kappa shape index (κ3) is 13.5. The Balaban J connectivity index is 5.67. The Kier molecular flexibility index (Phi) is 22.2. The maximum absolute atomic E-state index is 7.75. The molecule has 208 valence electrons. The lowest BCUT2D eigenvalue weighted by Gasteiger charge is -2.49. The van der Waals surface area contributed by atoms with Crippen molar-refractivity contribution in [2.75, 3.05) is 19.8 Å². The minimum absolute atomic E-state index is 0.144. The zero-order chi connectivity index (χ0) is 26.3. The molecular formula is C31H61NO3. The average Bonchev–Trinajstić information content (AvgIpc) is 2.86. The maximum atomic E-state index is 7.75. The Morgan fingerprint density at radius 2 is 0.971 bits per heavy atom. The quantitative estimate of drug-likeness (QED) is 0.0679. The van der Waals surface area contributed by atoms with Crippen molar-refractivity contribution in [1.82, 2.24) is 0 Å². The Morgan fingerprint density at radius 1 is 0.543 bits per heavy atom. The van der Waals surface area contributed by atoms with Gasteiger partial charge in [0.15, 0.2) is 0 Å². The highest BCUT2D eigenvalue weighted by Crippen LogP contribution is 2.49. The minimum Gasteiger partial charge on any atom is -0.327 e. The molecule has 0 rings (SSSR count). The van der Waals surface area contributed by atoms with Gasteiger partial charge in [-0.15, -0.1) is 0 Å². The van der Waals surface area contributed by atoms with Gasteiger partial charge in [0.2, 0.25) is 6.04 Å². The van der Waals surface area contributed by atoms with Crippen LogP contribution in [0.5, 0.6) is 0 Å². The highest BCUT2D eigenvalue weighted by atomic mass is 16.9. The Bertz CT molecular complexity index is 487. The van der Waals surface area contributed by atoms with Gasteiger partial charge < -0.3 is 19.1 Å². The van der Waals surface area contributed by atoms with E-state index in [1.165, 1.54) is 64.2 Å². The van der Waals surface area contributed by atoms with Gasteiger partial charge in [-0.2, -0.15) is 0 Å². The molecule has 0 spiro atoms. The van der Waals surface area contributed by atoms with Crippen LogP contribution in [0.3, 0.4) is 0 Å². The second-order valence-electron chi connectivity index (χ2n) is 10.3. The summed E-state index contributed by atoms with van der Waals surface area (Å²) in [5, 5.41) is 0. The van der Waals surface area contributed by atoms with E-state index in [4.69, 9.17) is 20.8 Å². The van der Waals surface area contributed by atoms with Gasteiger partial charge in [0.1, 0.15) is 0 Å². The van der Waals surface area contributed by atoms with Gasteiger partial charge in [0.05, 0.1) is 5.41 Å². The molecular weight excluding hydrogens is 434 g/mol. The van der Waals surface area contributed by atoms with Crippen molar-refractivity contribution in [2.24, 2.45) is 5.41 Å². The van der Waals surface area contributed by atoms with Gasteiger partial charge in [-0.1, -0.05) is 91.4 Å². The van der Waals surface area contributed by atoms with Crippen LogP contribution in [0.4, 0.5) is 0 Å². The van der Waals surface area contributed by atoms with E-state index in [2.05, 4.69) is 25.6 Å². The van der Waals surface area contributed by atoms with Gasteiger partial charge in [0.25, 0.3) is 5.97 Å². The molecule has 0 saturated carbocycles. The molecule has 4 heteroatoms. The Hall–Kier alpha value is -0.630. The summed E-state index contributed by atoms with van der Waals surface area (Å²) in [5.74, 6) is -0.988. The summed E-state index contributed by atoms with van der Waals surface area (Å²) in [6.45, 7) is 22.4. The van der Waals surface area contributed by atoms with Gasteiger partial charge in [-0.3, -0.25) is 0 Å². The van der Waals surface area contributed by atoms with Crippen molar-refractivity contribution in [3.8, 4) is 0 Å². The normalized spacial score (nSPS) is 14.5. The van der Waals surface area contributed by atoms with Crippen LogP contribution in [0, 0.1) is 12.0 Å². The molecule has 0 radical (unpaired) electrons. The number of hydrogen-bond acceptors (Lipinski definition) is 3. The van der Waals surface area contributed by atoms with Crippen molar-refractivity contribution in [1.29, 1.82) is 0 Å². The van der Waals surface area contributed by atoms with Crippen molar-refractivity contribution < 1.29 is 14.2 Å². The monoisotopic (exact) mass is 495 g/mol. The molecule has 0 aliphatic carbocycles. The van der Waals surface area contributed by atoms with E-state index in [9.17, 15) is 0 Å². The van der Waals surface area contributed by atoms with Gasteiger partial charge in [-0.25, -0.2) is 6.57 Å². The molecule has 35 heavy (non-hydrogen) atoms. The van der Waals surface area contributed by atoms with Crippen LogP contribution in [0.1, 0.15) is 157 Å². The molecule has 0 N–H and O–H groups in total. The van der Waals surface area contributed by atoms with Crippen LogP contribution >= 0.6 is 0 Å². The van der Waals surface area contributed by atoms with Crippen LogP contribution in [-0.4, -0.2) is 31.8 Å². The standard InChI is InChI=1S/C31H61NO3/c1-8-14-17-19-20-22-27-30(26-16-10-3,31(33-11-4,34-12-5)35-13-6)28-23-25-29(32-7)24-21-18-15-9-2/h29H,8-28H2,1-6H3. The predicted molar refractivity (Wildman–Crippen MR) is 151 cm³/mol. The van der Waals surface area contributed by atoms with E-state index in [1.807, 2.05) is 20.8 Å². The lowest BCUT2D eigenvalue weighted by Crippen LogP contribution is -2.55. The van der Waals surface area contributed by atoms with Gasteiger partial charge in [-0.05, 0) is 52.9 Å². The first-order valence-corrected chi connectivity index (χ1v) is 15.3. The number of nitrogens with zero attached hydrogens (tertiary/aromatic N) is 1. The van der Waals surface area contributed by atoms with Crippen LogP contribution in [0.2, 0.25) is 0 Å². The molecule has 2 atom stereocenters. The fourth-order valence-electron chi connectivity index (χ4n) is 5.50.